The number of likely N-dealkylation sites (N-methyl/N-ethyl adjacent to an activating group) is 1. The molecule has 2 fully saturated rings. The molecule has 2 heterocycles. The summed E-state index contributed by atoms with van der Waals surface area (Å²) in [6, 6.07) is 11.3. The predicted molar refractivity (Wildman–Crippen MR) is 181 cm³/mol. The van der Waals surface area contributed by atoms with Gasteiger partial charge in [-0.2, -0.15) is 13.2 Å². The highest BCUT2D eigenvalue weighted by Gasteiger charge is 2.57. The van der Waals surface area contributed by atoms with Gasteiger partial charge in [0.05, 0.1) is 26.7 Å². The van der Waals surface area contributed by atoms with E-state index in [0.717, 1.165) is 11.3 Å². The lowest BCUT2D eigenvalue weighted by Gasteiger charge is -2.46. The fourth-order valence-corrected chi connectivity index (χ4v) is 6.67. The number of β-lactam (4-membered cyclic amide) rings is 1. The van der Waals surface area contributed by atoms with E-state index >= 15 is 0 Å². The standard InChI is InChI=1S/C36H40F3N5O7/c1-42(25-11-15-27(51-3)16-12-25)33(46)30-28(32(45)44(30)34(47)41-31(36(37,38)39)24-7-5-4-6-8-24)19-23-17-18-40-29(20-23)43(35(48)49)21-22-9-13-26(50-2)14-10-22/h9-18,20,24,28,30-31H,4-8,19,21H2,1-3H3,(H,41,47)(H,48,49)/t28-,30+,31+/m1/s1. The first kappa shape index (κ1) is 36.9. The van der Waals surface area contributed by atoms with E-state index in [1.807, 2.05) is 0 Å². The lowest BCUT2D eigenvalue weighted by molar-refractivity contribution is -0.170. The number of methoxy groups -OCH3 is 2. The number of nitrogens with one attached hydrogen (secondary N) is 1. The van der Waals surface area contributed by atoms with Crippen LogP contribution in [-0.2, 0) is 22.6 Å². The first-order valence-corrected chi connectivity index (χ1v) is 16.5. The number of nitrogens with zero attached hydrogens (tertiary/aromatic N) is 4. The summed E-state index contributed by atoms with van der Waals surface area (Å²) in [5.41, 5.74) is 1.48. The molecule has 3 atom stereocenters. The smallest absolute Gasteiger partial charge is 0.413 e. The van der Waals surface area contributed by atoms with E-state index < -0.39 is 54.0 Å². The highest BCUT2D eigenvalue weighted by atomic mass is 19.4. The molecule has 2 N–H and O–H groups in total. The monoisotopic (exact) mass is 711 g/mol. The van der Waals surface area contributed by atoms with Crippen molar-refractivity contribution < 1.29 is 46.9 Å². The number of carbonyl (C=O) groups excluding carboxylic acids is 3. The largest absolute Gasteiger partial charge is 0.497 e. The maximum atomic E-state index is 14.2. The van der Waals surface area contributed by atoms with Gasteiger partial charge < -0.3 is 24.8 Å². The van der Waals surface area contributed by atoms with Gasteiger partial charge >= 0.3 is 18.3 Å². The average molecular weight is 712 g/mol. The molecular formula is C36H40F3N5O7. The number of halogens is 3. The Hall–Kier alpha value is -5.34. The summed E-state index contributed by atoms with van der Waals surface area (Å²) in [7, 11) is 4.43. The lowest BCUT2D eigenvalue weighted by atomic mass is 9.81. The summed E-state index contributed by atoms with van der Waals surface area (Å²) in [6.45, 7) is -0.0543. The van der Waals surface area contributed by atoms with Crippen molar-refractivity contribution in [2.45, 2.75) is 63.3 Å². The van der Waals surface area contributed by atoms with Crippen LogP contribution in [0.4, 0.5) is 34.3 Å². The van der Waals surface area contributed by atoms with Crippen molar-refractivity contribution >= 4 is 35.4 Å². The zero-order valence-electron chi connectivity index (χ0n) is 28.4. The van der Waals surface area contributed by atoms with Crippen LogP contribution in [0.3, 0.4) is 0 Å². The highest BCUT2D eigenvalue weighted by Crippen LogP contribution is 2.37. The van der Waals surface area contributed by atoms with Crippen LogP contribution >= 0.6 is 0 Å². The predicted octanol–water partition coefficient (Wildman–Crippen LogP) is 6.04. The number of hydrogen-bond acceptors (Lipinski definition) is 7. The van der Waals surface area contributed by atoms with Gasteiger partial charge in [-0.3, -0.25) is 19.4 Å². The first-order chi connectivity index (χ1) is 24.3. The van der Waals surface area contributed by atoms with Crippen molar-refractivity contribution in [1.82, 2.24) is 15.2 Å². The van der Waals surface area contributed by atoms with Gasteiger partial charge in [0.25, 0.3) is 5.91 Å². The number of urea groups is 1. The number of hydrogen-bond donors (Lipinski definition) is 2. The number of pyridine rings is 1. The van der Waals surface area contributed by atoms with Gasteiger partial charge in [0.15, 0.2) is 0 Å². The van der Waals surface area contributed by atoms with Crippen LogP contribution in [0, 0.1) is 11.8 Å². The number of amides is 5. The van der Waals surface area contributed by atoms with Crippen molar-refractivity contribution in [3.63, 3.8) is 0 Å². The van der Waals surface area contributed by atoms with Crippen LogP contribution in [0.5, 0.6) is 11.5 Å². The van der Waals surface area contributed by atoms with Gasteiger partial charge in [-0.1, -0.05) is 31.4 Å². The van der Waals surface area contributed by atoms with Crippen molar-refractivity contribution in [2.75, 3.05) is 31.1 Å². The molecule has 5 amide bonds. The Morgan fingerprint density at radius 1 is 0.961 bits per heavy atom. The van der Waals surface area contributed by atoms with Gasteiger partial charge in [0, 0.05) is 18.9 Å². The van der Waals surface area contributed by atoms with Gasteiger partial charge in [-0.05, 0) is 84.8 Å². The maximum Gasteiger partial charge on any atom is 0.413 e. The molecule has 2 aliphatic rings. The molecule has 12 nitrogen and oxygen atoms in total. The number of carboxylic acid groups (broad SMARTS) is 1. The number of anilines is 2. The maximum absolute atomic E-state index is 14.2. The molecular weight excluding hydrogens is 671 g/mol. The molecule has 1 saturated carbocycles. The number of alkyl halides is 3. The van der Waals surface area contributed by atoms with Crippen LogP contribution in [0.25, 0.3) is 0 Å². The van der Waals surface area contributed by atoms with Crippen LogP contribution in [0.1, 0.15) is 43.2 Å². The zero-order valence-corrected chi connectivity index (χ0v) is 28.4. The van der Waals surface area contributed by atoms with Crippen molar-refractivity contribution in [3.05, 3.63) is 78.0 Å². The molecule has 15 heteroatoms. The van der Waals surface area contributed by atoms with Crippen LogP contribution in [0.15, 0.2) is 66.9 Å². The molecule has 51 heavy (non-hydrogen) atoms. The summed E-state index contributed by atoms with van der Waals surface area (Å²) < 4.78 is 53.1. The molecule has 5 rings (SSSR count). The second kappa shape index (κ2) is 15.7. The Morgan fingerprint density at radius 3 is 2.14 bits per heavy atom. The van der Waals surface area contributed by atoms with E-state index in [1.54, 1.807) is 54.6 Å². The fourth-order valence-electron chi connectivity index (χ4n) is 6.67. The summed E-state index contributed by atoms with van der Waals surface area (Å²) in [6.07, 6.45) is -2.26. The van der Waals surface area contributed by atoms with E-state index in [2.05, 4.69) is 10.3 Å². The zero-order chi connectivity index (χ0) is 36.9. The quantitative estimate of drug-likeness (QED) is 0.230. The molecule has 0 spiro atoms. The second-order valence-corrected chi connectivity index (χ2v) is 12.7. The van der Waals surface area contributed by atoms with Crippen LogP contribution < -0.4 is 24.6 Å². The number of imide groups is 1. The van der Waals surface area contributed by atoms with E-state index in [1.165, 1.54) is 38.4 Å². The topological polar surface area (TPSA) is 142 Å². The number of benzene rings is 2. The van der Waals surface area contributed by atoms with Gasteiger partial charge in [0.1, 0.15) is 29.4 Å². The summed E-state index contributed by atoms with van der Waals surface area (Å²) in [5.74, 6) is -2.34. The minimum absolute atomic E-state index is 0.0518. The Bertz CT molecular complexity index is 1720. The number of rotatable bonds is 11. The minimum Gasteiger partial charge on any atom is -0.497 e. The Labute approximate surface area is 293 Å². The SMILES string of the molecule is COc1ccc(CN(C(=O)O)c2cc(C[C@H]3C(=O)N(C(=O)N[C@@H](C4CCCCC4)C(F)(F)F)[C@@H]3C(=O)N(C)c3ccc(OC)cc3)ccn2)cc1. The van der Waals surface area contributed by atoms with Crippen molar-refractivity contribution in [3.8, 4) is 11.5 Å². The Balaban J connectivity index is 1.41. The molecule has 2 aromatic carbocycles. The first-order valence-electron chi connectivity index (χ1n) is 16.5. The third-order valence-corrected chi connectivity index (χ3v) is 9.50. The molecule has 0 unspecified atom stereocenters. The van der Waals surface area contributed by atoms with E-state index in [9.17, 15) is 37.5 Å². The van der Waals surface area contributed by atoms with Gasteiger partial charge in [0.2, 0.25) is 5.91 Å². The molecule has 1 aliphatic carbocycles. The average Bonchev–Trinajstić information content (AvgIpc) is 3.13. The van der Waals surface area contributed by atoms with Crippen molar-refractivity contribution in [1.29, 1.82) is 0 Å². The number of carbonyl (C=O) groups is 4. The lowest BCUT2D eigenvalue weighted by Crippen LogP contribution is -2.71. The minimum atomic E-state index is -4.76. The summed E-state index contributed by atoms with van der Waals surface area (Å²) in [4.78, 5) is 60.5. The molecule has 1 saturated heterocycles. The number of aromatic nitrogens is 1. The van der Waals surface area contributed by atoms with Crippen LogP contribution in [0.2, 0.25) is 0 Å². The normalized spacial score (nSPS) is 18.3. The number of likely N-dealkylation sites (tertiary alicyclic amines) is 1. The second-order valence-electron chi connectivity index (χ2n) is 12.7. The Morgan fingerprint density at radius 2 is 1.57 bits per heavy atom. The summed E-state index contributed by atoms with van der Waals surface area (Å²) >= 11 is 0. The van der Waals surface area contributed by atoms with E-state index in [0.29, 0.717) is 46.1 Å². The van der Waals surface area contributed by atoms with Crippen LogP contribution in [-0.4, -0.2) is 78.5 Å². The highest BCUT2D eigenvalue weighted by molar-refractivity contribution is 6.12. The van der Waals surface area contributed by atoms with Gasteiger partial charge in [-0.15, -0.1) is 0 Å². The third kappa shape index (κ3) is 8.35. The van der Waals surface area contributed by atoms with E-state index in [4.69, 9.17) is 9.47 Å². The number of ether oxygens (including phenoxy) is 2. The molecule has 3 aromatic rings. The van der Waals surface area contributed by atoms with Gasteiger partial charge in [-0.25, -0.2) is 14.6 Å². The van der Waals surface area contributed by atoms with Crippen molar-refractivity contribution in [2.24, 2.45) is 11.8 Å². The molecule has 272 valence electrons. The summed E-state index contributed by atoms with van der Waals surface area (Å²) in [5, 5.41) is 12.1. The molecule has 0 radical (unpaired) electrons. The molecule has 0 bridgehead atoms. The van der Waals surface area contributed by atoms with E-state index in [-0.39, 0.29) is 31.6 Å². The third-order valence-electron chi connectivity index (χ3n) is 9.50. The molecule has 1 aliphatic heterocycles. The fraction of sp³-hybridized carbons (Fsp3) is 0.417. The molecule has 1 aromatic heterocycles. The Kier molecular flexibility index (Phi) is 11.4.